The Morgan fingerprint density at radius 3 is 2.49 bits per heavy atom. The molecule has 0 aliphatic carbocycles. The Bertz CT molecular complexity index is 1500. The Kier molecular flexibility index (Phi) is 6.66. The summed E-state index contributed by atoms with van der Waals surface area (Å²) in [6.07, 6.45) is -3.03. The molecule has 5 N–H and O–H groups in total. The van der Waals surface area contributed by atoms with E-state index in [1.165, 1.54) is 18.3 Å². The van der Waals surface area contributed by atoms with Gasteiger partial charge in [0.25, 0.3) is 0 Å². The third kappa shape index (κ3) is 5.58. The molecule has 192 valence electrons. The number of alkyl halides is 3. The van der Waals surface area contributed by atoms with E-state index < -0.39 is 23.9 Å². The van der Waals surface area contributed by atoms with Gasteiger partial charge in [-0.1, -0.05) is 0 Å². The smallest absolute Gasteiger partial charge is 0.490 e. The molecular formula is C23H17F4N5O5. The number of H-pyrrole nitrogens is 1. The maximum Gasteiger partial charge on any atom is 0.490 e. The summed E-state index contributed by atoms with van der Waals surface area (Å²) in [6.45, 7) is 0.357. The van der Waals surface area contributed by atoms with Crippen LogP contribution in [0.15, 0.2) is 42.6 Å². The van der Waals surface area contributed by atoms with Gasteiger partial charge in [-0.15, -0.1) is 0 Å². The fourth-order valence-corrected chi connectivity index (χ4v) is 3.67. The van der Waals surface area contributed by atoms with Crippen LogP contribution in [0.1, 0.15) is 27.7 Å². The molecule has 0 fully saturated rings. The summed E-state index contributed by atoms with van der Waals surface area (Å²) < 4.78 is 52.3. The first-order chi connectivity index (χ1) is 17.4. The van der Waals surface area contributed by atoms with Crippen LogP contribution in [0, 0.1) is 5.82 Å². The number of nitrogens with zero attached hydrogens (tertiary/aromatic N) is 3. The van der Waals surface area contributed by atoms with Gasteiger partial charge in [-0.05, 0) is 48.4 Å². The monoisotopic (exact) mass is 519 g/mol. The Morgan fingerprint density at radius 2 is 1.84 bits per heavy atom. The van der Waals surface area contributed by atoms with Gasteiger partial charge in [-0.25, -0.2) is 28.9 Å². The average molecular weight is 519 g/mol. The molecule has 0 spiro atoms. The van der Waals surface area contributed by atoms with E-state index in [-0.39, 0.29) is 22.9 Å². The van der Waals surface area contributed by atoms with Crippen LogP contribution in [-0.2, 0) is 11.2 Å². The number of aromatic nitrogens is 4. The van der Waals surface area contributed by atoms with Crippen LogP contribution in [0.3, 0.4) is 0 Å². The number of halogens is 4. The molecule has 1 atom stereocenters. The fourth-order valence-electron chi connectivity index (χ4n) is 3.67. The lowest BCUT2D eigenvalue weighted by Crippen LogP contribution is -2.21. The molecule has 5 rings (SSSR count). The van der Waals surface area contributed by atoms with Gasteiger partial charge in [0.2, 0.25) is 5.95 Å². The summed E-state index contributed by atoms with van der Waals surface area (Å²) in [5.74, 6) is -3.05. The number of anilines is 1. The lowest BCUT2D eigenvalue weighted by Gasteiger charge is -2.24. The van der Waals surface area contributed by atoms with Crippen LogP contribution >= 0.6 is 0 Å². The van der Waals surface area contributed by atoms with Crippen LogP contribution in [0.4, 0.5) is 23.5 Å². The van der Waals surface area contributed by atoms with Crippen molar-refractivity contribution in [3.05, 3.63) is 65.4 Å². The van der Waals surface area contributed by atoms with Crippen LogP contribution in [-0.4, -0.2) is 54.9 Å². The molecule has 1 aliphatic heterocycles. The molecule has 2 aromatic carbocycles. The van der Waals surface area contributed by atoms with Gasteiger partial charge in [0, 0.05) is 11.8 Å². The number of nitrogens with two attached hydrogens (primary N) is 1. The quantitative estimate of drug-likeness (QED) is 0.295. The molecule has 0 saturated heterocycles. The number of fused-ring (bicyclic) bond motifs is 2. The molecule has 1 unspecified atom stereocenters. The van der Waals surface area contributed by atoms with E-state index in [1.54, 1.807) is 24.3 Å². The van der Waals surface area contributed by atoms with Gasteiger partial charge in [0.15, 0.2) is 5.82 Å². The molecule has 0 saturated carbocycles. The maximum atomic E-state index is 14.7. The van der Waals surface area contributed by atoms with E-state index in [2.05, 4.69) is 19.9 Å². The Hall–Kier alpha value is -4.75. The zero-order chi connectivity index (χ0) is 26.9. The maximum absolute atomic E-state index is 14.7. The second-order valence-corrected chi connectivity index (χ2v) is 7.92. The number of aromatic amines is 1. The van der Waals surface area contributed by atoms with Crippen molar-refractivity contribution in [2.75, 3.05) is 12.3 Å². The predicted molar refractivity (Wildman–Crippen MR) is 121 cm³/mol. The minimum Gasteiger partial charge on any atom is -0.493 e. The molecule has 3 heterocycles. The zero-order valence-electron chi connectivity index (χ0n) is 18.6. The summed E-state index contributed by atoms with van der Waals surface area (Å²) >= 11 is 0. The fraction of sp³-hybridized carbons (Fsp3) is 0.174. The number of nitrogen functional groups attached to an aromatic ring is 1. The number of ether oxygens (including phenoxy) is 1. The van der Waals surface area contributed by atoms with E-state index in [0.717, 1.165) is 5.56 Å². The highest BCUT2D eigenvalue weighted by molar-refractivity contribution is 5.88. The van der Waals surface area contributed by atoms with E-state index >= 15 is 0 Å². The number of hydrogen-bond acceptors (Lipinski definition) is 7. The molecule has 0 bridgehead atoms. The molecule has 10 nitrogen and oxygen atoms in total. The lowest BCUT2D eigenvalue weighted by atomic mass is 9.95. The second-order valence-electron chi connectivity index (χ2n) is 7.92. The topological polar surface area (TPSA) is 164 Å². The zero-order valence-corrected chi connectivity index (χ0v) is 18.6. The number of imidazole rings is 1. The number of aromatic carboxylic acids is 1. The molecule has 37 heavy (non-hydrogen) atoms. The third-order valence-electron chi connectivity index (χ3n) is 5.37. The first-order valence-electron chi connectivity index (χ1n) is 10.5. The molecule has 0 radical (unpaired) electrons. The summed E-state index contributed by atoms with van der Waals surface area (Å²) in [7, 11) is 0. The summed E-state index contributed by atoms with van der Waals surface area (Å²) in [6, 6.07) is 9.55. The van der Waals surface area contributed by atoms with Crippen molar-refractivity contribution in [3.8, 4) is 17.0 Å². The number of carboxylic acid groups (broad SMARTS) is 2. The second kappa shape index (κ2) is 9.72. The highest BCUT2D eigenvalue weighted by atomic mass is 19.4. The number of carbonyl (C=O) groups is 2. The SMILES string of the molecule is Nc1nccc(-c2cc(F)c3nc(C4COc5ccc(C(=O)O)cc5C4)[nH]c3c2)n1.O=C(O)C(F)(F)F. The van der Waals surface area contributed by atoms with Gasteiger partial charge in [-0.2, -0.15) is 13.2 Å². The van der Waals surface area contributed by atoms with Crippen LogP contribution < -0.4 is 10.5 Å². The predicted octanol–water partition coefficient (Wildman–Crippen LogP) is 3.79. The normalized spacial score (nSPS) is 14.8. The summed E-state index contributed by atoms with van der Waals surface area (Å²) in [5.41, 5.74) is 8.43. The lowest BCUT2D eigenvalue weighted by molar-refractivity contribution is -0.192. The van der Waals surface area contributed by atoms with Gasteiger partial charge >= 0.3 is 18.1 Å². The Labute approximate surface area is 204 Å². The third-order valence-corrected chi connectivity index (χ3v) is 5.37. The van der Waals surface area contributed by atoms with Crippen molar-refractivity contribution < 1.29 is 42.1 Å². The Morgan fingerprint density at radius 1 is 1.11 bits per heavy atom. The standard InChI is InChI=1S/C21H16FN5O3.C2HF3O2/c22-14-7-11(15-3-4-24-21(23)26-15)8-16-18(14)27-19(25-16)13-6-12-5-10(20(28)29)1-2-17(12)30-9-13;3-2(4,5)1(6)7/h1-5,7-8,13H,6,9H2,(H,25,27)(H,28,29)(H2,23,24,26);(H,6,7). The molecule has 14 heteroatoms. The summed E-state index contributed by atoms with van der Waals surface area (Å²) in [4.78, 5) is 35.7. The largest absolute Gasteiger partial charge is 0.493 e. The van der Waals surface area contributed by atoms with Gasteiger partial charge in [0.05, 0.1) is 29.3 Å². The number of rotatable bonds is 3. The summed E-state index contributed by atoms with van der Waals surface area (Å²) in [5, 5.41) is 16.3. The number of aliphatic carboxylic acids is 1. The minimum absolute atomic E-state index is 0.108. The van der Waals surface area contributed by atoms with Gasteiger partial charge < -0.3 is 25.7 Å². The van der Waals surface area contributed by atoms with E-state index in [1.807, 2.05) is 0 Å². The van der Waals surface area contributed by atoms with E-state index in [4.69, 9.17) is 20.4 Å². The van der Waals surface area contributed by atoms with Crippen molar-refractivity contribution >= 4 is 28.9 Å². The van der Waals surface area contributed by atoms with Crippen LogP contribution in [0.5, 0.6) is 5.75 Å². The number of carboxylic acids is 2. The van der Waals surface area contributed by atoms with Crippen LogP contribution in [0.2, 0.25) is 0 Å². The molecule has 4 aromatic rings. The highest BCUT2D eigenvalue weighted by Crippen LogP contribution is 2.34. The number of hydrogen-bond donors (Lipinski definition) is 4. The van der Waals surface area contributed by atoms with Crippen molar-refractivity contribution in [3.63, 3.8) is 0 Å². The van der Waals surface area contributed by atoms with Crippen molar-refractivity contribution in [1.82, 2.24) is 19.9 Å². The molecular weight excluding hydrogens is 502 g/mol. The molecule has 2 aromatic heterocycles. The minimum atomic E-state index is -5.08. The first-order valence-corrected chi connectivity index (χ1v) is 10.5. The van der Waals surface area contributed by atoms with Gasteiger partial charge in [0.1, 0.15) is 17.1 Å². The van der Waals surface area contributed by atoms with Crippen LogP contribution in [0.25, 0.3) is 22.3 Å². The van der Waals surface area contributed by atoms with Crippen molar-refractivity contribution in [2.24, 2.45) is 0 Å². The van der Waals surface area contributed by atoms with E-state index in [9.17, 15) is 27.5 Å². The Balaban J connectivity index is 0.000000405. The molecule has 0 amide bonds. The number of nitrogens with one attached hydrogen (secondary N) is 1. The van der Waals surface area contributed by atoms with E-state index in [0.29, 0.717) is 41.4 Å². The van der Waals surface area contributed by atoms with Crippen molar-refractivity contribution in [1.29, 1.82) is 0 Å². The van der Waals surface area contributed by atoms with Gasteiger partial charge in [-0.3, -0.25) is 0 Å². The first kappa shape index (κ1) is 25.3. The average Bonchev–Trinajstić information content (AvgIpc) is 3.28. The highest BCUT2D eigenvalue weighted by Gasteiger charge is 2.38. The molecule has 1 aliphatic rings. The number of benzene rings is 2. The van der Waals surface area contributed by atoms with Crippen molar-refractivity contribution in [2.45, 2.75) is 18.5 Å².